The molecule has 0 bridgehead atoms. The van der Waals surface area contributed by atoms with Gasteiger partial charge in [0.05, 0.1) is 14.2 Å². The normalized spacial score (nSPS) is 12.0. The van der Waals surface area contributed by atoms with Gasteiger partial charge in [-0.15, -0.1) is 0 Å². The van der Waals surface area contributed by atoms with Crippen LogP contribution in [0.15, 0.2) is 11.6 Å². The number of ether oxygens (including phenoxy) is 2. The van der Waals surface area contributed by atoms with E-state index in [1.807, 2.05) is 0 Å². The molecular formula is C16H22O9S. The lowest BCUT2D eigenvalue weighted by Crippen LogP contribution is -2.11. The number of hydrogen-bond donors (Lipinski definition) is 3. The van der Waals surface area contributed by atoms with Crippen LogP contribution in [0, 0.1) is 6.92 Å². The molecule has 0 saturated heterocycles. The molecule has 146 valence electrons. The van der Waals surface area contributed by atoms with E-state index in [0.717, 1.165) is 5.57 Å². The number of rotatable bonds is 9. The summed E-state index contributed by atoms with van der Waals surface area (Å²) in [4.78, 5) is 10.6. The monoisotopic (exact) mass is 390 g/mol. The molecule has 0 aliphatic carbocycles. The lowest BCUT2D eigenvalue weighted by Gasteiger charge is -2.19. The Morgan fingerprint density at radius 2 is 1.69 bits per heavy atom. The number of methoxy groups -OCH3 is 2. The second-order valence-electron chi connectivity index (χ2n) is 5.51. The molecule has 0 spiro atoms. The van der Waals surface area contributed by atoms with Gasteiger partial charge in [-0.05, 0) is 26.7 Å². The summed E-state index contributed by atoms with van der Waals surface area (Å²) in [7, 11) is -2.39. The number of carboxylic acids is 1. The summed E-state index contributed by atoms with van der Waals surface area (Å²) in [6, 6.07) is 0. The Labute approximate surface area is 151 Å². The fraction of sp³-hybridized carbons (Fsp3) is 0.438. The van der Waals surface area contributed by atoms with Crippen molar-refractivity contribution < 1.29 is 41.6 Å². The maximum Gasteiger partial charge on any atom is 0.446 e. The number of hydrogen-bond acceptors (Lipinski definition) is 7. The first-order valence-corrected chi connectivity index (χ1v) is 8.89. The molecular weight excluding hydrogens is 368 g/mol. The van der Waals surface area contributed by atoms with Crippen LogP contribution < -0.4 is 13.7 Å². The van der Waals surface area contributed by atoms with Gasteiger partial charge in [-0.2, -0.15) is 8.42 Å². The number of aromatic hydroxyl groups is 1. The van der Waals surface area contributed by atoms with Crippen molar-refractivity contribution in [1.82, 2.24) is 0 Å². The number of allylic oxidation sites excluding steroid dienone is 2. The van der Waals surface area contributed by atoms with Crippen molar-refractivity contribution in [2.24, 2.45) is 0 Å². The summed E-state index contributed by atoms with van der Waals surface area (Å²) in [5, 5.41) is 19.0. The molecule has 1 aromatic rings. The molecule has 26 heavy (non-hydrogen) atoms. The van der Waals surface area contributed by atoms with Crippen LogP contribution >= 0.6 is 0 Å². The summed E-state index contributed by atoms with van der Waals surface area (Å²) in [6.07, 6.45) is 2.04. The third kappa shape index (κ3) is 5.53. The van der Waals surface area contributed by atoms with Crippen LogP contribution in [0.4, 0.5) is 0 Å². The van der Waals surface area contributed by atoms with Crippen molar-refractivity contribution >= 4 is 16.4 Å². The third-order valence-corrected chi connectivity index (χ3v) is 4.07. The van der Waals surface area contributed by atoms with E-state index in [2.05, 4.69) is 4.18 Å². The zero-order valence-corrected chi connectivity index (χ0v) is 15.7. The number of benzene rings is 1. The zero-order chi connectivity index (χ0) is 20.1. The van der Waals surface area contributed by atoms with Crippen LogP contribution in [0.3, 0.4) is 0 Å². The van der Waals surface area contributed by atoms with Gasteiger partial charge in [0.15, 0.2) is 11.5 Å². The molecule has 0 atom stereocenters. The first-order valence-electron chi connectivity index (χ1n) is 7.52. The Bertz CT molecular complexity index is 810. The van der Waals surface area contributed by atoms with Crippen LogP contribution in [0.5, 0.6) is 23.0 Å². The predicted molar refractivity (Wildman–Crippen MR) is 92.5 cm³/mol. The SMILES string of the molecule is COc1c(O)c(C)c(C/C=C(\C)CCC(=O)O)c(OS(=O)(=O)O)c1OC. The molecule has 0 amide bonds. The Morgan fingerprint density at radius 3 is 2.15 bits per heavy atom. The standard InChI is InChI=1S/C16H22O9S/c1-9(6-8-12(17)18)5-7-11-10(2)13(19)15(23-3)16(24-4)14(11)25-26(20,21)22/h5,19H,6-8H2,1-4H3,(H,17,18)(H,20,21,22)/b9-5+. The van der Waals surface area contributed by atoms with Gasteiger partial charge < -0.3 is 23.9 Å². The minimum atomic E-state index is -4.86. The smallest absolute Gasteiger partial charge is 0.446 e. The fourth-order valence-electron chi connectivity index (χ4n) is 2.33. The van der Waals surface area contributed by atoms with Crippen LogP contribution in [0.1, 0.15) is 30.9 Å². The van der Waals surface area contributed by atoms with Crippen LogP contribution in [0.25, 0.3) is 0 Å². The van der Waals surface area contributed by atoms with Crippen LogP contribution in [-0.4, -0.2) is 43.4 Å². The van der Waals surface area contributed by atoms with Crippen molar-refractivity contribution in [1.29, 1.82) is 0 Å². The molecule has 3 N–H and O–H groups in total. The third-order valence-electron chi connectivity index (χ3n) is 3.69. The van der Waals surface area contributed by atoms with E-state index >= 15 is 0 Å². The van der Waals surface area contributed by atoms with Gasteiger partial charge in [-0.25, -0.2) is 0 Å². The number of phenols is 1. The van der Waals surface area contributed by atoms with Crippen molar-refractivity contribution in [3.8, 4) is 23.0 Å². The molecule has 0 aromatic heterocycles. The van der Waals surface area contributed by atoms with Gasteiger partial charge in [0, 0.05) is 17.5 Å². The summed E-state index contributed by atoms with van der Waals surface area (Å²) in [6.45, 7) is 3.24. The second-order valence-corrected chi connectivity index (χ2v) is 6.53. The molecule has 0 unspecified atom stereocenters. The molecule has 0 fully saturated rings. The highest BCUT2D eigenvalue weighted by atomic mass is 32.3. The molecule has 0 radical (unpaired) electrons. The van der Waals surface area contributed by atoms with E-state index < -0.39 is 16.4 Å². The zero-order valence-electron chi connectivity index (χ0n) is 14.9. The molecule has 1 aromatic carbocycles. The highest BCUT2D eigenvalue weighted by Gasteiger charge is 2.27. The maximum atomic E-state index is 11.2. The Morgan fingerprint density at radius 1 is 1.12 bits per heavy atom. The minimum absolute atomic E-state index is 0.0487. The van der Waals surface area contributed by atoms with Gasteiger partial charge in [0.25, 0.3) is 0 Å². The molecule has 9 nitrogen and oxygen atoms in total. The van der Waals surface area contributed by atoms with Crippen molar-refractivity contribution in [3.63, 3.8) is 0 Å². The number of aliphatic carboxylic acids is 1. The predicted octanol–water partition coefficient (Wildman–Crippen LogP) is 2.25. The molecule has 10 heteroatoms. The van der Waals surface area contributed by atoms with Crippen LogP contribution in [0.2, 0.25) is 0 Å². The highest BCUT2D eigenvalue weighted by Crippen LogP contribution is 2.49. The molecule has 1 rings (SSSR count). The molecule has 0 aliphatic rings. The lowest BCUT2D eigenvalue weighted by atomic mass is 9.99. The minimum Gasteiger partial charge on any atom is -0.504 e. The Kier molecular flexibility index (Phi) is 7.28. The quantitative estimate of drug-likeness (QED) is 0.428. The highest BCUT2D eigenvalue weighted by molar-refractivity contribution is 7.81. The molecule has 0 saturated carbocycles. The average molecular weight is 390 g/mol. The Hall–Kier alpha value is -2.46. The maximum absolute atomic E-state index is 11.2. The topological polar surface area (TPSA) is 140 Å². The number of carboxylic acid groups (broad SMARTS) is 1. The van der Waals surface area contributed by atoms with Crippen molar-refractivity contribution in [2.45, 2.75) is 33.1 Å². The van der Waals surface area contributed by atoms with Gasteiger partial charge in [0.1, 0.15) is 0 Å². The van der Waals surface area contributed by atoms with Crippen LogP contribution in [-0.2, 0) is 21.6 Å². The molecule has 0 aliphatic heterocycles. The van der Waals surface area contributed by atoms with Gasteiger partial charge in [0.2, 0.25) is 11.5 Å². The van der Waals surface area contributed by atoms with Gasteiger partial charge >= 0.3 is 16.4 Å². The van der Waals surface area contributed by atoms with Gasteiger partial charge in [-0.3, -0.25) is 9.35 Å². The number of phenolic OH excluding ortho intramolecular Hbond substituents is 1. The van der Waals surface area contributed by atoms with E-state index in [-0.39, 0.29) is 47.0 Å². The first-order chi connectivity index (χ1) is 12.0. The first kappa shape index (κ1) is 21.6. The lowest BCUT2D eigenvalue weighted by molar-refractivity contribution is -0.136. The van der Waals surface area contributed by atoms with E-state index in [0.29, 0.717) is 6.42 Å². The second kappa shape index (κ2) is 8.77. The average Bonchev–Trinajstić information content (AvgIpc) is 2.54. The summed E-state index contributed by atoms with van der Waals surface area (Å²) >= 11 is 0. The van der Waals surface area contributed by atoms with Crippen molar-refractivity contribution in [3.05, 3.63) is 22.8 Å². The summed E-state index contributed by atoms with van der Waals surface area (Å²) in [5.41, 5.74) is 1.26. The summed E-state index contributed by atoms with van der Waals surface area (Å²) < 4.78 is 46.3. The summed E-state index contributed by atoms with van der Waals surface area (Å²) in [5.74, 6) is -1.85. The van der Waals surface area contributed by atoms with E-state index in [1.54, 1.807) is 13.0 Å². The van der Waals surface area contributed by atoms with Gasteiger partial charge in [-0.1, -0.05) is 11.6 Å². The Balaban J connectivity index is 3.46. The molecule has 0 heterocycles. The van der Waals surface area contributed by atoms with E-state index in [9.17, 15) is 18.3 Å². The fourth-order valence-corrected chi connectivity index (χ4v) is 2.71. The number of carbonyl (C=O) groups is 1. The van der Waals surface area contributed by atoms with E-state index in [1.165, 1.54) is 21.1 Å². The van der Waals surface area contributed by atoms with E-state index in [4.69, 9.17) is 19.1 Å². The largest absolute Gasteiger partial charge is 0.504 e. The van der Waals surface area contributed by atoms with Crippen molar-refractivity contribution in [2.75, 3.05) is 14.2 Å².